The Bertz CT molecular complexity index is 1080. The van der Waals surface area contributed by atoms with Gasteiger partial charge in [-0.2, -0.15) is 0 Å². The molecule has 1 aliphatic heterocycles. The van der Waals surface area contributed by atoms with Gasteiger partial charge in [0.05, 0.1) is 11.9 Å². The third-order valence-corrected chi connectivity index (χ3v) is 6.35. The predicted molar refractivity (Wildman–Crippen MR) is 116 cm³/mol. The van der Waals surface area contributed by atoms with Crippen molar-refractivity contribution in [3.8, 4) is 11.3 Å². The number of rotatable bonds is 6. The van der Waals surface area contributed by atoms with Crippen molar-refractivity contribution >= 4 is 33.0 Å². The minimum absolute atomic E-state index is 0.724. The summed E-state index contributed by atoms with van der Waals surface area (Å²) in [6, 6.07) is 7.69. The van der Waals surface area contributed by atoms with Gasteiger partial charge in [0.2, 0.25) is 10.1 Å². The Labute approximate surface area is 177 Å². The first-order valence-corrected chi connectivity index (χ1v) is 11.2. The molecule has 0 atom stereocenters. The molecule has 0 unspecified atom stereocenters. The number of fused-ring (bicyclic) bond motifs is 2. The first-order chi connectivity index (χ1) is 14.3. The van der Waals surface area contributed by atoms with Gasteiger partial charge < -0.3 is 9.88 Å². The number of imidazole rings is 1. The molecule has 0 amide bonds. The predicted octanol–water partition coefficient (Wildman–Crippen LogP) is 4.47. The Morgan fingerprint density at radius 2 is 2.00 bits per heavy atom. The fraction of sp³-hybridized carbons (Fsp3) is 0.400. The van der Waals surface area contributed by atoms with E-state index in [0.717, 1.165) is 70.4 Å². The average molecular weight is 428 g/mol. The van der Waals surface area contributed by atoms with Crippen molar-refractivity contribution in [2.24, 2.45) is 0 Å². The van der Waals surface area contributed by atoms with Crippen LogP contribution in [0.3, 0.4) is 0 Å². The van der Waals surface area contributed by atoms with Crippen LogP contribution in [0.4, 0.5) is 5.13 Å². The number of nitrogens with zero attached hydrogens (tertiary/aromatic N) is 6. The summed E-state index contributed by atoms with van der Waals surface area (Å²) in [4.78, 5) is 5.55. The second-order valence-electron chi connectivity index (χ2n) is 7.29. The Morgan fingerprint density at radius 3 is 2.86 bits per heavy atom. The van der Waals surface area contributed by atoms with Crippen LogP contribution in [0.2, 0.25) is 5.02 Å². The van der Waals surface area contributed by atoms with Gasteiger partial charge in [0.1, 0.15) is 11.6 Å². The second-order valence-corrected chi connectivity index (χ2v) is 8.68. The van der Waals surface area contributed by atoms with E-state index >= 15 is 0 Å². The minimum Gasteiger partial charge on any atom is -0.360 e. The lowest BCUT2D eigenvalue weighted by Gasteiger charge is -2.07. The highest BCUT2D eigenvalue weighted by atomic mass is 35.5. The number of aromatic nitrogens is 6. The molecule has 0 radical (unpaired) electrons. The van der Waals surface area contributed by atoms with Crippen molar-refractivity contribution in [1.29, 1.82) is 0 Å². The molecule has 1 N–H and O–H groups in total. The maximum absolute atomic E-state index is 5.96. The highest BCUT2D eigenvalue weighted by Gasteiger charge is 2.14. The number of benzene rings is 1. The van der Waals surface area contributed by atoms with Gasteiger partial charge in [-0.15, -0.1) is 15.3 Å². The molecule has 150 valence electrons. The molecule has 4 heterocycles. The minimum atomic E-state index is 0.724. The van der Waals surface area contributed by atoms with E-state index in [1.54, 1.807) is 11.3 Å². The van der Waals surface area contributed by atoms with Gasteiger partial charge in [-0.1, -0.05) is 41.5 Å². The van der Waals surface area contributed by atoms with E-state index < -0.39 is 0 Å². The molecule has 0 bridgehead atoms. The summed E-state index contributed by atoms with van der Waals surface area (Å²) in [5.41, 5.74) is 1.94. The van der Waals surface area contributed by atoms with Crippen molar-refractivity contribution < 1.29 is 0 Å². The molecule has 0 saturated carbocycles. The van der Waals surface area contributed by atoms with E-state index in [9.17, 15) is 0 Å². The van der Waals surface area contributed by atoms with Crippen LogP contribution in [-0.4, -0.2) is 35.9 Å². The molecular weight excluding hydrogens is 406 g/mol. The molecule has 0 aliphatic carbocycles. The number of hydrogen-bond acceptors (Lipinski definition) is 6. The highest BCUT2D eigenvalue weighted by Crippen LogP contribution is 2.25. The van der Waals surface area contributed by atoms with Crippen molar-refractivity contribution in [3.05, 3.63) is 47.1 Å². The first kappa shape index (κ1) is 18.6. The second kappa shape index (κ2) is 8.12. The summed E-state index contributed by atoms with van der Waals surface area (Å²) < 4.78 is 4.15. The van der Waals surface area contributed by atoms with E-state index in [1.165, 1.54) is 19.3 Å². The van der Waals surface area contributed by atoms with E-state index in [0.29, 0.717) is 0 Å². The van der Waals surface area contributed by atoms with Crippen LogP contribution >= 0.6 is 22.9 Å². The van der Waals surface area contributed by atoms with E-state index in [1.807, 2.05) is 35.0 Å². The molecule has 7 nitrogen and oxygen atoms in total. The van der Waals surface area contributed by atoms with Gasteiger partial charge in [-0.25, -0.2) is 9.50 Å². The van der Waals surface area contributed by atoms with E-state index in [-0.39, 0.29) is 0 Å². The van der Waals surface area contributed by atoms with Gasteiger partial charge in [-0.05, 0) is 31.4 Å². The number of nitrogens with one attached hydrogen (secondary N) is 1. The van der Waals surface area contributed by atoms with Crippen molar-refractivity contribution in [2.45, 2.75) is 45.1 Å². The maximum atomic E-state index is 5.96. The monoisotopic (exact) mass is 427 g/mol. The number of hydrogen-bond donors (Lipinski definition) is 1. The van der Waals surface area contributed by atoms with Gasteiger partial charge >= 0.3 is 0 Å². The van der Waals surface area contributed by atoms with Crippen LogP contribution in [0.1, 0.15) is 37.3 Å². The summed E-state index contributed by atoms with van der Waals surface area (Å²) in [5.74, 6) is 2.27. The summed E-state index contributed by atoms with van der Waals surface area (Å²) in [6.45, 7) is 1.91. The number of halogens is 1. The Morgan fingerprint density at radius 1 is 1.10 bits per heavy atom. The third kappa shape index (κ3) is 4.00. The van der Waals surface area contributed by atoms with Gasteiger partial charge in [0.15, 0.2) is 0 Å². The molecule has 1 aliphatic rings. The lowest BCUT2D eigenvalue weighted by Crippen LogP contribution is -2.09. The fourth-order valence-electron chi connectivity index (χ4n) is 3.70. The summed E-state index contributed by atoms with van der Waals surface area (Å²) in [6.07, 6.45) is 8.68. The van der Waals surface area contributed by atoms with Crippen LogP contribution < -0.4 is 5.32 Å². The maximum Gasteiger partial charge on any atom is 0.214 e. The van der Waals surface area contributed by atoms with Crippen LogP contribution in [-0.2, 0) is 19.4 Å². The normalized spacial score (nSPS) is 14.1. The lowest BCUT2D eigenvalue weighted by molar-refractivity contribution is 0.599. The Kier molecular flexibility index (Phi) is 5.20. The van der Waals surface area contributed by atoms with Crippen LogP contribution in [0, 0.1) is 0 Å². The fourth-order valence-corrected chi connectivity index (χ4v) is 4.64. The smallest absolute Gasteiger partial charge is 0.214 e. The molecule has 0 fully saturated rings. The zero-order chi connectivity index (χ0) is 19.6. The van der Waals surface area contributed by atoms with Gasteiger partial charge in [-0.3, -0.25) is 0 Å². The highest BCUT2D eigenvalue weighted by molar-refractivity contribution is 7.20. The Balaban J connectivity index is 1.18. The van der Waals surface area contributed by atoms with Crippen molar-refractivity contribution in [3.63, 3.8) is 0 Å². The lowest BCUT2D eigenvalue weighted by atomic mass is 10.2. The molecular formula is C20H22ClN7S. The molecule has 3 aromatic heterocycles. The number of aryl methyl sites for hydroxylation is 2. The van der Waals surface area contributed by atoms with Crippen molar-refractivity contribution in [1.82, 2.24) is 29.4 Å². The summed E-state index contributed by atoms with van der Waals surface area (Å²) in [7, 11) is 0. The molecule has 1 aromatic carbocycles. The largest absolute Gasteiger partial charge is 0.360 e. The zero-order valence-electron chi connectivity index (χ0n) is 16.0. The molecule has 4 aromatic rings. The molecule has 0 saturated heterocycles. The standard InChI is InChI=1S/C20H22ClN7S/c21-15-9-7-14(8-10-15)16-13-28-20(23-16)29-19(26-28)22-11-4-6-18-25-24-17-5-2-1-3-12-27(17)18/h7-10,13H,1-6,11-12H2,(H,22,26). The van der Waals surface area contributed by atoms with Crippen LogP contribution in [0.5, 0.6) is 0 Å². The summed E-state index contributed by atoms with van der Waals surface area (Å²) in [5, 5.41) is 18.4. The third-order valence-electron chi connectivity index (χ3n) is 5.22. The van der Waals surface area contributed by atoms with Gasteiger partial charge in [0.25, 0.3) is 0 Å². The van der Waals surface area contributed by atoms with E-state index in [2.05, 4.69) is 30.2 Å². The molecule has 5 rings (SSSR count). The zero-order valence-corrected chi connectivity index (χ0v) is 17.6. The average Bonchev–Trinajstić information content (AvgIpc) is 3.34. The number of anilines is 1. The molecule has 0 spiro atoms. The molecule has 29 heavy (non-hydrogen) atoms. The quantitative estimate of drug-likeness (QED) is 0.459. The Hall–Kier alpha value is -2.45. The van der Waals surface area contributed by atoms with Gasteiger partial charge in [0, 0.05) is 36.5 Å². The summed E-state index contributed by atoms with van der Waals surface area (Å²) >= 11 is 7.52. The first-order valence-electron chi connectivity index (χ1n) is 10.0. The SMILES string of the molecule is Clc1ccc(-c2cn3nc(NCCCc4nnc5n4CCCCC5)sc3n2)cc1. The van der Waals surface area contributed by atoms with Crippen molar-refractivity contribution in [2.75, 3.05) is 11.9 Å². The van der Waals surface area contributed by atoms with E-state index in [4.69, 9.17) is 11.6 Å². The van der Waals surface area contributed by atoms with Crippen LogP contribution in [0.25, 0.3) is 16.2 Å². The molecule has 9 heteroatoms. The topological polar surface area (TPSA) is 72.9 Å². The van der Waals surface area contributed by atoms with Crippen LogP contribution in [0.15, 0.2) is 30.5 Å².